The van der Waals surface area contributed by atoms with Crippen molar-refractivity contribution in [2.75, 3.05) is 12.4 Å². The third-order valence-corrected chi connectivity index (χ3v) is 3.96. The molecule has 94 valence electrons. The van der Waals surface area contributed by atoms with Gasteiger partial charge in [0.25, 0.3) is 0 Å². The monoisotopic (exact) mass is 312 g/mol. The second-order valence-electron chi connectivity index (χ2n) is 4.39. The van der Waals surface area contributed by atoms with Crippen molar-refractivity contribution < 1.29 is 8.78 Å². The van der Waals surface area contributed by atoms with Crippen LogP contribution in [0.15, 0.2) is 10.5 Å². The average molecular weight is 313 g/mol. The first-order chi connectivity index (χ1) is 8.63. The van der Waals surface area contributed by atoms with Crippen LogP contribution in [0.2, 0.25) is 0 Å². The molecule has 0 radical (unpaired) electrons. The first-order valence-electron chi connectivity index (χ1n) is 5.80. The maximum atomic E-state index is 14.2. The third-order valence-electron chi connectivity index (χ3n) is 3.38. The Balaban J connectivity index is 2.51. The lowest BCUT2D eigenvalue weighted by molar-refractivity contribution is 0.609. The summed E-state index contributed by atoms with van der Waals surface area (Å²) in [4.78, 5) is 4.29. The van der Waals surface area contributed by atoms with Gasteiger partial charge in [-0.3, -0.25) is 0 Å². The predicted octanol–water partition coefficient (Wildman–Crippen LogP) is 3.81. The molecule has 0 bridgehead atoms. The average Bonchev–Trinajstić information content (AvgIpc) is 2.81. The molecular formula is C13H11BrF2N2. The van der Waals surface area contributed by atoms with Crippen molar-refractivity contribution in [3.8, 4) is 0 Å². The molecule has 0 spiro atoms. The lowest BCUT2D eigenvalue weighted by atomic mass is 10.1. The number of benzene rings is 1. The van der Waals surface area contributed by atoms with E-state index < -0.39 is 11.6 Å². The van der Waals surface area contributed by atoms with Crippen molar-refractivity contribution in [2.45, 2.75) is 19.3 Å². The molecule has 18 heavy (non-hydrogen) atoms. The minimum Gasteiger partial charge on any atom is -0.387 e. The van der Waals surface area contributed by atoms with Crippen molar-refractivity contribution in [3.63, 3.8) is 0 Å². The molecule has 0 fully saturated rings. The molecule has 3 rings (SSSR count). The summed E-state index contributed by atoms with van der Waals surface area (Å²) < 4.78 is 28.3. The summed E-state index contributed by atoms with van der Waals surface area (Å²) in [5.41, 5.74) is 2.68. The van der Waals surface area contributed by atoms with Crippen molar-refractivity contribution in [3.05, 3.63) is 33.4 Å². The zero-order chi connectivity index (χ0) is 12.9. The van der Waals surface area contributed by atoms with Gasteiger partial charge < -0.3 is 5.32 Å². The third kappa shape index (κ3) is 1.53. The molecule has 1 aliphatic carbocycles. The highest BCUT2D eigenvalue weighted by atomic mass is 79.9. The summed E-state index contributed by atoms with van der Waals surface area (Å²) in [6.45, 7) is 0. The number of halogens is 3. The van der Waals surface area contributed by atoms with Crippen LogP contribution in [-0.2, 0) is 12.8 Å². The summed E-state index contributed by atoms with van der Waals surface area (Å²) >= 11 is 3.04. The minimum atomic E-state index is -0.496. The molecule has 5 heteroatoms. The number of hydrogen-bond acceptors (Lipinski definition) is 2. The first-order valence-corrected chi connectivity index (χ1v) is 6.59. The van der Waals surface area contributed by atoms with E-state index in [1.54, 1.807) is 7.05 Å². The van der Waals surface area contributed by atoms with Crippen LogP contribution in [0.5, 0.6) is 0 Å². The van der Waals surface area contributed by atoms with E-state index in [0.717, 1.165) is 36.6 Å². The molecule has 0 saturated carbocycles. The van der Waals surface area contributed by atoms with Crippen molar-refractivity contribution in [1.29, 1.82) is 0 Å². The molecular weight excluding hydrogens is 302 g/mol. The number of hydrogen-bond donors (Lipinski definition) is 1. The fourth-order valence-corrected chi connectivity index (χ4v) is 3.00. The lowest BCUT2D eigenvalue weighted by Crippen LogP contribution is -2.02. The highest BCUT2D eigenvalue weighted by molar-refractivity contribution is 9.10. The van der Waals surface area contributed by atoms with Gasteiger partial charge in [0.15, 0.2) is 5.82 Å². The Labute approximate surface area is 112 Å². The molecule has 0 aliphatic heterocycles. The van der Waals surface area contributed by atoms with Gasteiger partial charge in [0.1, 0.15) is 11.3 Å². The van der Waals surface area contributed by atoms with E-state index in [1.807, 2.05) is 0 Å². The van der Waals surface area contributed by atoms with Crippen molar-refractivity contribution in [1.82, 2.24) is 4.98 Å². The second-order valence-corrected chi connectivity index (χ2v) is 5.25. The Kier molecular flexibility index (Phi) is 2.73. The van der Waals surface area contributed by atoms with Gasteiger partial charge >= 0.3 is 0 Å². The lowest BCUT2D eigenvalue weighted by Gasteiger charge is -2.13. The molecule has 2 nitrogen and oxygen atoms in total. The largest absolute Gasteiger partial charge is 0.387 e. The van der Waals surface area contributed by atoms with Crippen LogP contribution >= 0.6 is 15.9 Å². The van der Waals surface area contributed by atoms with Gasteiger partial charge in [-0.2, -0.15) is 0 Å². The number of rotatable bonds is 1. The molecule has 0 saturated heterocycles. The van der Waals surface area contributed by atoms with Gasteiger partial charge in [0.05, 0.1) is 15.5 Å². The van der Waals surface area contributed by atoms with E-state index in [9.17, 15) is 8.78 Å². The SMILES string of the molecule is CNc1c2c(nc3c(F)cc(Br)c(F)c13)CCC2. The maximum Gasteiger partial charge on any atom is 0.150 e. The normalized spacial score (nSPS) is 14.0. The van der Waals surface area contributed by atoms with Gasteiger partial charge in [-0.1, -0.05) is 0 Å². The van der Waals surface area contributed by atoms with Gasteiger partial charge in [-0.25, -0.2) is 13.8 Å². The topological polar surface area (TPSA) is 24.9 Å². The summed E-state index contributed by atoms with van der Waals surface area (Å²) in [6.07, 6.45) is 2.68. The van der Waals surface area contributed by atoms with E-state index in [1.165, 1.54) is 0 Å². The van der Waals surface area contributed by atoms with Crippen LogP contribution in [0, 0.1) is 11.6 Å². The van der Waals surface area contributed by atoms with Gasteiger partial charge in [0, 0.05) is 12.7 Å². The molecule has 0 atom stereocenters. The Hall–Kier alpha value is -1.23. The number of aromatic nitrogens is 1. The molecule has 0 amide bonds. The van der Waals surface area contributed by atoms with Crippen LogP contribution in [0.4, 0.5) is 14.5 Å². The smallest absolute Gasteiger partial charge is 0.150 e. The molecule has 1 aromatic heterocycles. The van der Waals surface area contributed by atoms with Gasteiger partial charge in [-0.05, 0) is 46.8 Å². The zero-order valence-electron chi connectivity index (χ0n) is 9.78. The number of fused-ring (bicyclic) bond motifs is 2. The molecule has 1 aromatic carbocycles. The molecule has 1 N–H and O–H groups in total. The summed E-state index contributed by atoms with van der Waals surface area (Å²) in [7, 11) is 1.73. The van der Waals surface area contributed by atoms with Gasteiger partial charge in [0.2, 0.25) is 0 Å². The first kappa shape index (κ1) is 11.8. The Morgan fingerprint density at radius 3 is 2.83 bits per heavy atom. The quantitative estimate of drug-likeness (QED) is 0.810. The molecule has 1 heterocycles. The summed E-state index contributed by atoms with van der Waals surface area (Å²) in [5, 5.41) is 3.24. The maximum absolute atomic E-state index is 14.2. The number of pyridine rings is 1. The van der Waals surface area contributed by atoms with Crippen LogP contribution in [0.25, 0.3) is 10.9 Å². The minimum absolute atomic E-state index is 0.112. The Morgan fingerprint density at radius 1 is 1.33 bits per heavy atom. The number of nitrogens with one attached hydrogen (secondary N) is 1. The van der Waals surface area contributed by atoms with E-state index in [4.69, 9.17) is 0 Å². The zero-order valence-corrected chi connectivity index (χ0v) is 11.4. The van der Waals surface area contributed by atoms with Crippen molar-refractivity contribution >= 4 is 32.5 Å². The van der Waals surface area contributed by atoms with Crippen LogP contribution in [-0.4, -0.2) is 12.0 Å². The Bertz CT molecular complexity index is 655. The number of anilines is 1. The van der Waals surface area contributed by atoms with E-state index in [-0.39, 0.29) is 15.4 Å². The van der Waals surface area contributed by atoms with E-state index in [0.29, 0.717) is 5.69 Å². The van der Waals surface area contributed by atoms with Crippen LogP contribution in [0.3, 0.4) is 0 Å². The summed E-state index contributed by atoms with van der Waals surface area (Å²) in [6, 6.07) is 1.13. The van der Waals surface area contributed by atoms with Crippen molar-refractivity contribution in [2.24, 2.45) is 0 Å². The molecule has 0 unspecified atom stereocenters. The van der Waals surface area contributed by atoms with E-state index in [2.05, 4.69) is 26.2 Å². The fraction of sp³-hybridized carbons (Fsp3) is 0.308. The van der Waals surface area contributed by atoms with Crippen LogP contribution in [0.1, 0.15) is 17.7 Å². The molecule has 2 aromatic rings. The summed E-state index contributed by atoms with van der Waals surface area (Å²) in [5.74, 6) is -0.956. The van der Waals surface area contributed by atoms with Crippen LogP contribution < -0.4 is 5.32 Å². The highest BCUT2D eigenvalue weighted by Gasteiger charge is 2.23. The second kappa shape index (κ2) is 4.16. The fourth-order valence-electron chi connectivity index (χ4n) is 2.61. The predicted molar refractivity (Wildman–Crippen MR) is 70.9 cm³/mol. The standard InChI is InChI=1S/C13H11BrF2N2/c1-17-12-6-3-2-4-9(6)18-13-8(15)5-7(14)11(16)10(12)13/h5H,2-4H2,1H3,(H,17,18). The van der Waals surface area contributed by atoms with E-state index >= 15 is 0 Å². The molecule has 1 aliphatic rings. The highest BCUT2D eigenvalue weighted by Crippen LogP contribution is 2.38. The Morgan fingerprint density at radius 2 is 2.11 bits per heavy atom. The number of nitrogens with zero attached hydrogens (tertiary/aromatic N) is 1. The van der Waals surface area contributed by atoms with Gasteiger partial charge in [-0.15, -0.1) is 0 Å². The number of aryl methyl sites for hydroxylation is 1.